The lowest BCUT2D eigenvalue weighted by Gasteiger charge is -2.13. The van der Waals surface area contributed by atoms with Crippen LogP contribution in [0.1, 0.15) is 13.3 Å². The van der Waals surface area contributed by atoms with Crippen LogP contribution in [0, 0.1) is 0 Å². The largest absolute Gasteiger partial charge is 0.493 e. The monoisotopic (exact) mass is 195 g/mol. The molecule has 1 rings (SSSR count). The maximum Gasteiger partial charge on any atom is 0.183 e. The van der Waals surface area contributed by atoms with Crippen LogP contribution in [-0.4, -0.2) is 20.8 Å². The second-order valence-corrected chi connectivity index (χ2v) is 2.97. The topological polar surface area (TPSA) is 30.5 Å². The van der Waals surface area contributed by atoms with E-state index in [0.29, 0.717) is 0 Å². The Kier molecular flexibility index (Phi) is 4.11. The quantitative estimate of drug-likeness (QED) is 0.783. The summed E-state index contributed by atoms with van der Waals surface area (Å²) in [5, 5.41) is 3.28. The molecule has 3 heteroatoms. The van der Waals surface area contributed by atoms with Crippen LogP contribution in [0.15, 0.2) is 18.2 Å². The molecule has 0 bridgehead atoms. The lowest BCUT2D eigenvalue weighted by Crippen LogP contribution is -2.02. The van der Waals surface area contributed by atoms with E-state index >= 15 is 0 Å². The van der Waals surface area contributed by atoms with E-state index in [4.69, 9.17) is 9.47 Å². The molecule has 0 atom stereocenters. The minimum Gasteiger partial charge on any atom is -0.493 e. The van der Waals surface area contributed by atoms with Gasteiger partial charge in [0.05, 0.1) is 19.9 Å². The van der Waals surface area contributed by atoms with E-state index in [0.717, 1.165) is 30.2 Å². The number of methoxy groups -OCH3 is 2. The second-order valence-electron chi connectivity index (χ2n) is 2.97. The third kappa shape index (κ3) is 2.31. The van der Waals surface area contributed by atoms with E-state index in [9.17, 15) is 0 Å². The van der Waals surface area contributed by atoms with Crippen molar-refractivity contribution in [2.45, 2.75) is 13.3 Å². The lowest BCUT2D eigenvalue weighted by molar-refractivity contribution is 0.356. The average Bonchev–Trinajstić information content (AvgIpc) is 2.25. The molecule has 0 saturated heterocycles. The summed E-state index contributed by atoms with van der Waals surface area (Å²) in [6.07, 6.45) is 1.08. The molecule has 0 radical (unpaired) electrons. The molecule has 0 saturated carbocycles. The van der Waals surface area contributed by atoms with Crippen molar-refractivity contribution in [3.63, 3.8) is 0 Å². The third-order valence-electron chi connectivity index (χ3n) is 1.97. The summed E-state index contributed by atoms with van der Waals surface area (Å²) in [6, 6.07) is 5.81. The first-order valence-electron chi connectivity index (χ1n) is 4.78. The number of ether oxygens (including phenoxy) is 2. The van der Waals surface area contributed by atoms with Crippen molar-refractivity contribution in [2.24, 2.45) is 0 Å². The van der Waals surface area contributed by atoms with Crippen molar-refractivity contribution in [2.75, 3.05) is 26.1 Å². The number of nitrogens with one attached hydrogen (secondary N) is 1. The van der Waals surface area contributed by atoms with Crippen molar-refractivity contribution in [1.29, 1.82) is 0 Å². The molecule has 1 aromatic carbocycles. The van der Waals surface area contributed by atoms with Crippen molar-refractivity contribution in [1.82, 2.24) is 0 Å². The van der Waals surface area contributed by atoms with E-state index in [2.05, 4.69) is 12.2 Å². The highest BCUT2D eigenvalue weighted by molar-refractivity contribution is 5.63. The smallest absolute Gasteiger partial charge is 0.183 e. The molecule has 14 heavy (non-hydrogen) atoms. The molecule has 0 aromatic heterocycles. The van der Waals surface area contributed by atoms with E-state index in [1.807, 2.05) is 18.2 Å². The molecule has 1 N–H and O–H groups in total. The van der Waals surface area contributed by atoms with E-state index in [1.54, 1.807) is 14.2 Å². The summed E-state index contributed by atoms with van der Waals surface area (Å²) in [5.74, 6) is 1.53. The predicted molar refractivity (Wildman–Crippen MR) is 58.3 cm³/mol. The highest BCUT2D eigenvalue weighted by Crippen LogP contribution is 2.34. The molecule has 1 aromatic rings. The molecule has 0 spiro atoms. The van der Waals surface area contributed by atoms with Crippen molar-refractivity contribution in [3.8, 4) is 11.5 Å². The Morgan fingerprint density at radius 1 is 1.21 bits per heavy atom. The van der Waals surface area contributed by atoms with Crippen LogP contribution in [0.25, 0.3) is 0 Å². The third-order valence-corrected chi connectivity index (χ3v) is 1.97. The summed E-state index contributed by atoms with van der Waals surface area (Å²) >= 11 is 0. The van der Waals surface area contributed by atoms with Crippen molar-refractivity contribution < 1.29 is 9.47 Å². The van der Waals surface area contributed by atoms with Crippen LogP contribution in [0.2, 0.25) is 0 Å². The van der Waals surface area contributed by atoms with Crippen LogP contribution in [0.3, 0.4) is 0 Å². The summed E-state index contributed by atoms with van der Waals surface area (Å²) < 4.78 is 10.5. The van der Waals surface area contributed by atoms with Gasteiger partial charge in [-0.15, -0.1) is 0 Å². The Bertz CT molecular complexity index is 287. The maximum atomic E-state index is 5.28. The number of benzene rings is 1. The van der Waals surface area contributed by atoms with E-state index in [-0.39, 0.29) is 0 Å². The van der Waals surface area contributed by atoms with Gasteiger partial charge in [-0.05, 0) is 18.6 Å². The number of hydrogen-bond acceptors (Lipinski definition) is 3. The molecule has 3 nitrogen and oxygen atoms in total. The molecule has 0 amide bonds. The van der Waals surface area contributed by atoms with Crippen molar-refractivity contribution in [3.05, 3.63) is 18.2 Å². The zero-order valence-electron chi connectivity index (χ0n) is 8.96. The van der Waals surface area contributed by atoms with Gasteiger partial charge in [-0.2, -0.15) is 0 Å². The first kappa shape index (κ1) is 10.7. The van der Waals surface area contributed by atoms with Gasteiger partial charge < -0.3 is 14.8 Å². The van der Waals surface area contributed by atoms with Gasteiger partial charge in [-0.3, -0.25) is 0 Å². The molecule has 0 unspecified atom stereocenters. The lowest BCUT2D eigenvalue weighted by atomic mass is 10.2. The standard InChI is InChI=1S/C11H17NO2/c1-4-8-12-9-6-5-7-10(13-2)11(9)14-3/h5-7,12H,4,8H2,1-3H3. The van der Waals surface area contributed by atoms with Gasteiger partial charge in [-0.1, -0.05) is 13.0 Å². The van der Waals surface area contributed by atoms with Gasteiger partial charge in [0.1, 0.15) is 0 Å². The molecule has 0 fully saturated rings. The molecule has 0 aliphatic heterocycles. The van der Waals surface area contributed by atoms with Crippen LogP contribution >= 0.6 is 0 Å². The van der Waals surface area contributed by atoms with Crippen LogP contribution in [0.4, 0.5) is 5.69 Å². The minimum absolute atomic E-state index is 0.758. The Morgan fingerprint density at radius 3 is 2.57 bits per heavy atom. The van der Waals surface area contributed by atoms with Crippen LogP contribution < -0.4 is 14.8 Å². The predicted octanol–water partition coefficient (Wildman–Crippen LogP) is 2.53. The van der Waals surface area contributed by atoms with Gasteiger partial charge in [-0.25, -0.2) is 0 Å². The molecular formula is C11H17NO2. The van der Waals surface area contributed by atoms with E-state index < -0.39 is 0 Å². The van der Waals surface area contributed by atoms with Crippen LogP contribution in [-0.2, 0) is 0 Å². The molecule has 78 valence electrons. The number of hydrogen-bond donors (Lipinski definition) is 1. The fourth-order valence-corrected chi connectivity index (χ4v) is 1.29. The molecule has 0 heterocycles. The molecular weight excluding hydrogens is 178 g/mol. The fraction of sp³-hybridized carbons (Fsp3) is 0.455. The number of rotatable bonds is 5. The molecule has 0 aliphatic rings. The maximum absolute atomic E-state index is 5.28. The van der Waals surface area contributed by atoms with Gasteiger partial charge in [0, 0.05) is 6.54 Å². The van der Waals surface area contributed by atoms with E-state index in [1.165, 1.54) is 0 Å². The Morgan fingerprint density at radius 2 is 2.00 bits per heavy atom. The Hall–Kier alpha value is -1.38. The van der Waals surface area contributed by atoms with Crippen LogP contribution in [0.5, 0.6) is 11.5 Å². The summed E-state index contributed by atoms with van der Waals surface area (Å²) in [4.78, 5) is 0. The van der Waals surface area contributed by atoms with Gasteiger partial charge in [0.15, 0.2) is 11.5 Å². The number of anilines is 1. The summed E-state index contributed by atoms with van der Waals surface area (Å²) in [7, 11) is 3.29. The Labute approximate surface area is 85.0 Å². The zero-order chi connectivity index (χ0) is 10.4. The summed E-state index contributed by atoms with van der Waals surface area (Å²) in [6.45, 7) is 3.06. The van der Waals surface area contributed by atoms with Gasteiger partial charge in [0.25, 0.3) is 0 Å². The number of para-hydroxylation sites is 1. The van der Waals surface area contributed by atoms with Crippen molar-refractivity contribution >= 4 is 5.69 Å². The highest BCUT2D eigenvalue weighted by Gasteiger charge is 2.07. The molecule has 0 aliphatic carbocycles. The second kappa shape index (κ2) is 5.37. The zero-order valence-corrected chi connectivity index (χ0v) is 8.96. The highest BCUT2D eigenvalue weighted by atomic mass is 16.5. The SMILES string of the molecule is CCCNc1cccc(OC)c1OC. The summed E-state index contributed by atoms with van der Waals surface area (Å²) in [5.41, 5.74) is 0.980. The first-order valence-corrected chi connectivity index (χ1v) is 4.78. The normalized spacial score (nSPS) is 9.64. The van der Waals surface area contributed by atoms with Gasteiger partial charge >= 0.3 is 0 Å². The average molecular weight is 195 g/mol. The minimum atomic E-state index is 0.758. The first-order chi connectivity index (χ1) is 6.83. The Balaban J connectivity index is 2.90. The fourth-order valence-electron chi connectivity index (χ4n) is 1.29. The van der Waals surface area contributed by atoms with Gasteiger partial charge in [0.2, 0.25) is 0 Å².